The van der Waals surface area contributed by atoms with Gasteiger partial charge in [0.2, 0.25) is 0 Å². The Morgan fingerprint density at radius 3 is 2.16 bits per heavy atom. The lowest BCUT2D eigenvalue weighted by Gasteiger charge is -2.43. The molecule has 2 aliphatic heterocycles. The molecule has 3 aromatic carbocycles. The minimum atomic E-state index is -3.52. The molecule has 6 nitrogen and oxygen atoms in total. The van der Waals surface area contributed by atoms with Crippen molar-refractivity contribution in [3.05, 3.63) is 107 Å². The maximum atomic E-state index is 13.5. The number of para-hydroxylation sites is 1. The van der Waals surface area contributed by atoms with E-state index in [1.807, 2.05) is 54.6 Å². The van der Waals surface area contributed by atoms with Crippen LogP contribution in [0.25, 0.3) is 6.08 Å². The van der Waals surface area contributed by atoms with E-state index in [-0.39, 0.29) is 29.5 Å². The highest BCUT2D eigenvalue weighted by atomic mass is 32.2. The van der Waals surface area contributed by atoms with Crippen LogP contribution in [-0.4, -0.2) is 57.7 Å². The molecule has 0 radical (unpaired) electrons. The molecule has 0 saturated carbocycles. The minimum absolute atomic E-state index is 0.0330. The highest BCUT2D eigenvalue weighted by molar-refractivity contribution is 7.92. The van der Waals surface area contributed by atoms with Crippen LogP contribution in [0.1, 0.15) is 52.5 Å². The average molecular weight is 631 g/mol. The third-order valence-electron chi connectivity index (χ3n) is 9.01. The zero-order valence-electron chi connectivity index (χ0n) is 26.1. The van der Waals surface area contributed by atoms with Gasteiger partial charge in [-0.3, -0.25) is 0 Å². The first kappa shape index (κ1) is 32.4. The number of phenolic OH excluding ortho intramolecular Hbond substituents is 1. The van der Waals surface area contributed by atoms with Crippen LogP contribution in [0.4, 0.5) is 0 Å². The van der Waals surface area contributed by atoms with E-state index in [1.165, 1.54) is 0 Å². The van der Waals surface area contributed by atoms with Gasteiger partial charge in [-0.25, -0.2) is 8.42 Å². The van der Waals surface area contributed by atoms with Crippen molar-refractivity contribution in [3.63, 3.8) is 0 Å². The Kier molecular flexibility index (Phi) is 9.73. The first-order chi connectivity index (χ1) is 21.0. The van der Waals surface area contributed by atoms with Gasteiger partial charge in [-0.1, -0.05) is 118 Å². The Morgan fingerprint density at radius 1 is 1.00 bits per heavy atom. The van der Waals surface area contributed by atoms with Gasteiger partial charge in [-0.15, -0.1) is 0 Å². The van der Waals surface area contributed by atoms with Gasteiger partial charge < -0.3 is 19.2 Å². The Bertz CT molecular complexity index is 1580. The largest absolute Gasteiger partial charge is 0.507 e. The second-order valence-electron chi connectivity index (χ2n) is 12.9. The number of sulfone groups is 1. The number of benzene rings is 3. The third kappa shape index (κ3) is 6.53. The number of aromatic hydroxyl groups is 1. The van der Waals surface area contributed by atoms with Crippen LogP contribution in [0.2, 0.25) is 11.4 Å². The fourth-order valence-electron chi connectivity index (χ4n) is 6.86. The summed E-state index contributed by atoms with van der Waals surface area (Å²) in [5, 5.41) is 22.1. The van der Waals surface area contributed by atoms with Crippen LogP contribution >= 0.6 is 0 Å². The zero-order valence-corrected chi connectivity index (χ0v) is 27.9. The molecule has 0 bridgehead atoms. The molecule has 2 N–H and O–H groups in total. The molecule has 0 aromatic heterocycles. The zero-order chi connectivity index (χ0) is 31.5. The monoisotopic (exact) mass is 630 g/mol. The summed E-state index contributed by atoms with van der Waals surface area (Å²) in [7, 11) is -7.56. The Morgan fingerprint density at radius 2 is 1.59 bits per heavy atom. The van der Waals surface area contributed by atoms with E-state index in [9.17, 15) is 18.5 Å². The molecule has 0 aliphatic carbocycles. The van der Waals surface area contributed by atoms with Crippen molar-refractivity contribution < 1.29 is 27.6 Å². The predicted octanol–water partition coefficient (Wildman–Crippen LogP) is 5.52. The summed E-state index contributed by atoms with van der Waals surface area (Å²) >= 11 is 0. The van der Waals surface area contributed by atoms with Crippen molar-refractivity contribution in [2.24, 2.45) is 0 Å². The smallest absolute Gasteiger partial charge is 0.456 e. The van der Waals surface area contributed by atoms with Crippen molar-refractivity contribution in [3.8, 4) is 5.75 Å². The summed E-state index contributed by atoms with van der Waals surface area (Å²) in [5.41, 5.74) is 3.36. The minimum Gasteiger partial charge on any atom is -0.507 e. The van der Waals surface area contributed by atoms with E-state index in [1.54, 1.807) is 12.1 Å². The van der Waals surface area contributed by atoms with Crippen LogP contribution in [0.3, 0.4) is 0 Å². The molecule has 1 saturated heterocycles. The number of phenols is 1. The molecule has 0 amide bonds. The van der Waals surface area contributed by atoms with Gasteiger partial charge in [0.25, 0.3) is 8.32 Å². The van der Waals surface area contributed by atoms with Crippen molar-refractivity contribution >= 4 is 41.7 Å². The molecule has 2 atom stereocenters. The van der Waals surface area contributed by atoms with E-state index >= 15 is 0 Å². The highest BCUT2D eigenvalue weighted by Gasteiger charge is 2.52. The van der Waals surface area contributed by atoms with E-state index in [2.05, 4.69) is 52.0 Å². The molecule has 3 aromatic rings. The molecule has 2 aliphatic rings. The lowest BCUT2D eigenvalue weighted by Crippen LogP contribution is -2.66. The second kappa shape index (κ2) is 13.2. The van der Waals surface area contributed by atoms with Crippen molar-refractivity contribution in [1.82, 2.24) is 0 Å². The fraction of sp³-hybridized carbons (Fsp3) is 0.371. The van der Waals surface area contributed by atoms with Crippen LogP contribution in [-0.2, 0) is 18.9 Å². The summed E-state index contributed by atoms with van der Waals surface area (Å²) in [4.78, 5) is 0. The van der Waals surface area contributed by atoms with Crippen LogP contribution in [0, 0.1) is 0 Å². The molecule has 44 heavy (non-hydrogen) atoms. The van der Waals surface area contributed by atoms with Gasteiger partial charge in [0.05, 0.1) is 23.7 Å². The first-order valence-corrected chi connectivity index (χ1v) is 19.1. The molecule has 1 fully saturated rings. The second-order valence-corrected chi connectivity index (χ2v) is 19.4. The van der Waals surface area contributed by atoms with Gasteiger partial charge in [-0.2, -0.15) is 0 Å². The van der Waals surface area contributed by atoms with Gasteiger partial charge in [-0.05, 0) is 51.9 Å². The topological polar surface area (TPSA) is 93.1 Å². The summed E-state index contributed by atoms with van der Waals surface area (Å²) in [5.74, 6) is 0.127. The highest BCUT2D eigenvalue weighted by Crippen LogP contribution is 2.42. The molecular formula is C35H43BO6SSi. The SMILES string of the molecule is CC/C(=C\c1ccccc1O)CC[C@H]1OB(O)C[C@H]2C1=C(CO[Si](c1ccccc1)(c1ccccc1)C(C)(C)C)CS2(=O)=O. The standard InChI is InChI=1S/C35H43BO6SSi/c1-5-26(22-27-14-12-13-19-31(27)37)20-21-32-34-28(25-43(39,40)33(34)23-36(38)42-32)24-41-44(35(2,3)4,29-15-8-6-9-16-29)30-17-10-7-11-18-30/h6-19,22,32-33,37-38H,5,20-21,23-25H2,1-4H3/b26-22+/t32-,33+/m1/s1. The first-order valence-electron chi connectivity index (χ1n) is 15.5. The fourth-order valence-corrected chi connectivity index (χ4v) is 13.5. The van der Waals surface area contributed by atoms with E-state index in [4.69, 9.17) is 9.08 Å². The maximum absolute atomic E-state index is 13.5. The summed E-state index contributed by atoms with van der Waals surface area (Å²) in [6.45, 7) is 8.86. The number of allylic oxidation sites excluding steroid dienone is 1. The van der Waals surface area contributed by atoms with Crippen molar-refractivity contribution in [2.45, 2.75) is 69.7 Å². The van der Waals surface area contributed by atoms with Gasteiger partial charge in [0.1, 0.15) is 5.75 Å². The predicted molar refractivity (Wildman–Crippen MR) is 181 cm³/mol. The van der Waals surface area contributed by atoms with Crippen LogP contribution in [0.15, 0.2) is 102 Å². The lowest BCUT2D eigenvalue weighted by molar-refractivity contribution is 0.168. The molecular weight excluding hydrogens is 587 g/mol. The average Bonchev–Trinajstić information content (AvgIpc) is 3.26. The quantitative estimate of drug-likeness (QED) is 0.227. The number of fused-ring (bicyclic) bond motifs is 1. The van der Waals surface area contributed by atoms with Crippen LogP contribution < -0.4 is 10.4 Å². The molecule has 5 rings (SSSR count). The number of hydrogen-bond acceptors (Lipinski definition) is 6. The lowest BCUT2D eigenvalue weighted by atomic mass is 9.74. The Balaban J connectivity index is 1.51. The van der Waals surface area contributed by atoms with Crippen molar-refractivity contribution in [2.75, 3.05) is 12.4 Å². The summed E-state index contributed by atoms with van der Waals surface area (Å²) in [6.07, 6.45) is 3.41. The summed E-state index contributed by atoms with van der Waals surface area (Å²) in [6, 6.07) is 27.9. The van der Waals surface area contributed by atoms with Crippen LogP contribution in [0.5, 0.6) is 5.75 Å². The molecule has 9 heteroatoms. The molecule has 232 valence electrons. The Hall–Kier alpha value is -2.95. The van der Waals surface area contributed by atoms with E-state index in [0.717, 1.165) is 39.1 Å². The Labute approximate surface area is 263 Å². The van der Waals surface area contributed by atoms with Gasteiger partial charge in [0, 0.05) is 11.9 Å². The number of hydrogen-bond donors (Lipinski definition) is 2. The van der Waals surface area contributed by atoms with Crippen molar-refractivity contribution in [1.29, 1.82) is 0 Å². The number of rotatable bonds is 10. The molecule has 2 heterocycles. The van der Waals surface area contributed by atoms with Gasteiger partial charge in [0.15, 0.2) is 9.84 Å². The molecule has 0 spiro atoms. The third-order valence-corrected chi connectivity index (χ3v) is 16.1. The van der Waals surface area contributed by atoms with E-state index < -0.39 is 36.6 Å². The van der Waals surface area contributed by atoms with Gasteiger partial charge >= 0.3 is 7.12 Å². The maximum Gasteiger partial charge on any atom is 0.456 e. The molecule has 0 unspecified atom stereocenters. The van der Waals surface area contributed by atoms with E-state index in [0.29, 0.717) is 12.8 Å². The normalized spacial score (nSPS) is 20.6. The summed E-state index contributed by atoms with van der Waals surface area (Å²) < 4.78 is 40.3.